The van der Waals surface area contributed by atoms with Crippen molar-refractivity contribution in [2.45, 2.75) is 84.0 Å². The molecule has 32 heavy (non-hydrogen) atoms. The first-order valence-electron chi connectivity index (χ1n) is 11.4. The highest BCUT2D eigenvalue weighted by Gasteiger charge is 2.39. The van der Waals surface area contributed by atoms with E-state index in [-0.39, 0.29) is 23.7 Å². The molecular weight excluding hydrogens is 432 g/mol. The van der Waals surface area contributed by atoms with Gasteiger partial charge < -0.3 is 26.4 Å². The number of carbonyl (C=O) groups excluding carboxylic acids is 3. The first kappa shape index (κ1) is 28.2. The number of hydrogen-bond acceptors (Lipinski definition) is 6. The van der Waals surface area contributed by atoms with Gasteiger partial charge in [0.15, 0.2) is 0 Å². The molecule has 0 aromatic heterocycles. The molecule has 1 aliphatic rings. The summed E-state index contributed by atoms with van der Waals surface area (Å²) in [6.45, 7) is 7.97. The van der Waals surface area contributed by atoms with Crippen LogP contribution in [0.25, 0.3) is 0 Å². The van der Waals surface area contributed by atoms with Crippen LogP contribution in [-0.4, -0.2) is 76.4 Å². The number of carboxylic acid groups (broad SMARTS) is 1. The van der Waals surface area contributed by atoms with E-state index in [1.54, 1.807) is 18.7 Å². The molecule has 0 aromatic rings. The monoisotopic (exact) mass is 472 g/mol. The summed E-state index contributed by atoms with van der Waals surface area (Å²) in [5.74, 6) is -1.58. The molecular formula is C22H40N4O5S. The number of nitrogens with two attached hydrogens (primary N) is 1. The fourth-order valence-electron chi connectivity index (χ4n) is 3.82. The Labute approximate surface area is 195 Å². The second-order valence-corrected chi connectivity index (χ2v) is 9.96. The van der Waals surface area contributed by atoms with E-state index in [1.165, 1.54) is 4.90 Å². The molecule has 0 aliphatic carbocycles. The fraction of sp³-hybridized carbons (Fsp3) is 0.818. The molecule has 0 aromatic carbocycles. The number of aliphatic carboxylic acids is 1. The molecule has 0 spiro atoms. The lowest BCUT2D eigenvalue weighted by Crippen LogP contribution is -2.57. The molecule has 9 nitrogen and oxygen atoms in total. The van der Waals surface area contributed by atoms with Crippen molar-refractivity contribution in [1.82, 2.24) is 15.5 Å². The van der Waals surface area contributed by atoms with E-state index in [9.17, 15) is 24.3 Å². The van der Waals surface area contributed by atoms with Gasteiger partial charge in [0.05, 0.1) is 6.04 Å². The summed E-state index contributed by atoms with van der Waals surface area (Å²) in [7, 11) is 0. The number of rotatable bonds is 13. The Kier molecular flexibility index (Phi) is 12.1. The van der Waals surface area contributed by atoms with Crippen LogP contribution in [0, 0.1) is 11.8 Å². The quantitative estimate of drug-likeness (QED) is 0.315. The topological polar surface area (TPSA) is 142 Å². The van der Waals surface area contributed by atoms with Gasteiger partial charge in [-0.3, -0.25) is 14.4 Å². The smallest absolute Gasteiger partial charge is 0.326 e. The molecule has 10 heteroatoms. The zero-order chi connectivity index (χ0) is 24.4. The predicted molar refractivity (Wildman–Crippen MR) is 126 cm³/mol. The molecule has 0 saturated carbocycles. The van der Waals surface area contributed by atoms with Crippen molar-refractivity contribution in [3.05, 3.63) is 0 Å². The second kappa shape index (κ2) is 13.7. The molecule has 1 heterocycles. The molecule has 0 bridgehead atoms. The Balaban J connectivity index is 2.94. The fourth-order valence-corrected chi connectivity index (χ4v) is 4.29. The molecule has 1 fully saturated rings. The molecule has 184 valence electrons. The summed E-state index contributed by atoms with van der Waals surface area (Å²) in [4.78, 5) is 51.9. The van der Waals surface area contributed by atoms with Gasteiger partial charge >= 0.3 is 5.97 Å². The van der Waals surface area contributed by atoms with E-state index in [1.807, 2.05) is 27.0 Å². The van der Waals surface area contributed by atoms with Crippen molar-refractivity contribution in [3.8, 4) is 0 Å². The highest BCUT2D eigenvalue weighted by atomic mass is 32.2. The van der Waals surface area contributed by atoms with Crippen molar-refractivity contribution in [3.63, 3.8) is 0 Å². The van der Waals surface area contributed by atoms with Gasteiger partial charge in [0, 0.05) is 6.54 Å². The van der Waals surface area contributed by atoms with Crippen LogP contribution in [0.4, 0.5) is 0 Å². The number of nitrogens with one attached hydrogen (secondary N) is 2. The van der Waals surface area contributed by atoms with Crippen molar-refractivity contribution >= 4 is 35.5 Å². The van der Waals surface area contributed by atoms with Gasteiger partial charge in [-0.05, 0) is 49.5 Å². The molecule has 5 atom stereocenters. The van der Waals surface area contributed by atoms with Crippen LogP contribution in [0.5, 0.6) is 0 Å². The summed E-state index contributed by atoms with van der Waals surface area (Å²) in [6, 6.07) is -3.23. The summed E-state index contributed by atoms with van der Waals surface area (Å²) in [5.41, 5.74) is 5.99. The van der Waals surface area contributed by atoms with Crippen molar-refractivity contribution < 1.29 is 24.3 Å². The minimum Gasteiger partial charge on any atom is -0.480 e. The van der Waals surface area contributed by atoms with E-state index in [4.69, 9.17) is 5.73 Å². The Morgan fingerprint density at radius 1 is 1.19 bits per heavy atom. The van der Waals surface area contributed by atoms with Gasteiger partial charge in [-0.25, -0.2) is 4.79 Å². The SMILES string of the molecule is CCC(C)C(NC(=O)C1CCCN1C(=O)C(CCSC)NC(=O)C(N)CC(C)C)C(=O)O. The molecule has 1 aliphatic heterocycles. The Hall–Kier alpha value is -1.81. The minimum absolute atomic E-state index is 0.238. The highest BCUT2D eigenvalue weighted by Crippen LogP contribution is 2.21. The van der Waals surface area contributed by atoms with Crippen LogP contribution in [0.3, 0.4) is 0 Å². The average Bonchev–Trinajstić information content (AvgIpc) is 3.22. The zero-order valence-electron chi connectivity index (χ0n) is 19.9. The van der Waals surface area contributed by atoms with Gasteiger partial charge in [-0.15, -0.1) is 0 Å². The third kappa shape index (κ3) is 8.27. The lowest BCUT2D eigenvalue weighted by Gasteiger charge is -2.30. The van der Waals surface area contributed by atoms with Gasteiger partial charge in [0.25, 0.3) is 0 Å². The largest absolute Gasteiger partial charge is 0.480 e. The molecule has 5 N–H and O–H groups in total. The maximum atomic E-state index is 13.3. The molecule has 3 amide bonds. The number of nitrogens with zero attached hydrogens (tertiary/aromatic N) is 1. The summed E-state index contributed by atoms with van der Waals surface area (Å²) in [5, 5.41) is 14.9. The minimum atomic E-state index is -1.09. The number of carbonyl (C=O) groups is 4. The maximum Gasteiger partial charge on any atom is 0.326 e. The Morgan fingerprint density at radius 2 is 1.84 bits per heavy atom. The van der Waals surface area contributed by atoms with E-state index in [0.717, 1.165) is 0 Å². The maximum absolute atomic E-state index is 13.3. The van der Waals surface area contributed by atoms with Crippen LogP contribution < -0.4 is 16.4 Å². The van der Waals surface area contributed by atoms with Crippen molar-refractivity contribution in [2.24, 2.45) is 17.6 Å². The summed E-state index contributed by atoms with van der Waals surface area (Å²) >= 11 is 1.56. The third-order valence-corrected chi connectivity index (χ3v) is 6.55. The molecule has 1 rings (SSSR count). The second-order valence-electron chi connectivity index (χ2n) is 8.98. The number of amides is 3. The Bertz CT molecular complexity index is 660. The first-order chi connectivity index (χ1) is 15.0. The third-order valence-electron chi connectivity index (χ3n) is 5.90. The molecule has 0 radical (unpaired) electrons. The van der Waals surface area contributed by atoms with Crippen LogP contribution in [0.1, 0.15) is 59.8 Å². The van der Waals surface area contributed by atoms with Crippen LogP contribution in [0.2, 0.25) is 0 Å². The molecule has 1 saturated heterocycles. The van der Waals surface area contributed by atoms with Crippen molar-refractivity contribution in [2.75, 3.05) is 18.6 Å². The lowest BCUT2D eigenvalue weighted by molar-refractivity contribution is -0.146. The number of carboxylic acids is 1. The predicted octanol–water partition coefficient (Wildman–Crippen LogP) is 1.20. The first-order valence-corrected chi connectivity index (χ1v) is 12.8. The van der Waals surface area contributed by atoms with Gasteiger partial charge in [0.2, 0.25) is 17.7 Å². The van der Waals surface area contributed by atoms with Gasteiger partial charge in [0.1, 0.15) is 18.1 Å². The van der Waals surface area contributed by atoms with Crippen LogP contribution in [0.15, 0.2) is 0 Å². The van der Waals surface area contributed by atoms with Gasteiger partial charge in [-0.1, -0.05) is 34.1 Å². The standard InChI is InChI=1S/C22H40N4O5S/c1-6-14(4)18(22(30)31)25-20(28)17-8-7-10-26(17)21(29)16(9-11-32-5)24-19(27)15(23)12-13(2)3/h13-18H,6-12,23H2,1-5H3,(H,24,27)(H,25,28)(H,30,31). The van der Waals surface area contributed by atoms with Crippen molar-refractivity contribution in [1.29, 1.82) is 0 Å². The molecule has 5 unspecified atom stereocenters. The zero-order valence-corrected chi connectivity index (χ0v) is 20.7. The summed E-state index contributed by atoms with van der Waals surface area (Å²) < 4.78 is 0. The van der Waals surface area contributed by atoms with E-state index in [0.29, 0.717) is 44.4 Å². The number of thioether (sulfide) groups is 1. The number of hydrogen-bond donors (Lipinski definition) is 4. The van der Waals surface area contributed by atoms with Crippen LogP contribution >= 0.6 is 11.8 Å². The normalized spacial score (nSPS) is 19.8. The highest BCUT2D eigenvalue weighted by molar-refractivity contribution is 7.98. The number of likely N-dealkylation sites (tertiary alicyclic amines) is 1. The van der Waals surface area contributed by atoms with E-state index < -0.39 is 36.0 Å². The Morgan fingerprint density at radius 3 is 2.38 bits per heavy atom. The lowest BCUT2D eigenvalue weighted by atomic mass is 9.98. The van der Waals surface area contributed by atoms with Crippen LogP contribution in [-0.2, 0) is 19.2 Å². The van der Waals surface area contributed by atoms with E-state index in [2.05, 4.69) is 10.6 Å². The summed E-state index contributed by atoms with van der Waals surface area (Å²) in [6.07, 6.45) is 4.55. The van der Waals surface area contributed by atoms with E-state index >= 15 is 0 Å². The van der Waals surface area contributed by atoms with Gasteiger partial charge in [-0.2, -0.15) is 11.8 Å². The average molecular weight is 473 g/mol.